The number of thiocarbonyl (C=S) groups is 1. The fourth-order valence-corrected chi connectivity index (χ4v) is 4.37. The van der Waals surface area contributed by atoms with Gasteiger partial charge in [0.15, 0.2) is 5.11 Å². The summed E-state index contributed by atoms with van der Waals surface area (Å²) in [7, 11) is 1.35. The number of hydrogen-bond donors (Lipinski definition) is 1. The largest absolute Gasteiger partial charge is 0.465 e. The second kappa shape index (κ2) is 9.83. The van der Waals surface area contributed by atoms with Gasteiger partial charge in [0.25, 0.3) is 0 Å². The molecule has 1 aromatic carbocycles. The van der Waals surface area contributed by atoms with E-state index in [2.05, 4.69) is 10.3 Å². The van der Waals surface area contributed by atoms with Crippen LogP contribution >= 0.6 is 12.2 Å². The molecule has 0 radical (unpaired) electrons. The summed E-state index contributed by atoms with van der Waals surface area (Å²) in [5.41, 5.74) is 2.71. The highest BCUT2D eigenvalue weighted by Gasteiger charge is 2.42. The first kappa shape index (κ1) is 22.5. The molecule has 4 rings (SSSR count). The molecule has 9 heteroatoms. The molecule has 0 spiro atoms. The lowest BCUT2D eigenvalue weighted by molar-refractivity contribution is -0.143. The molecule has 1 fully saturated rings. The van der Waals surface area contributed by atoms with E-state index in [0.717, 1.165) is 11.4 Å². The molecule has 0 bridgehead atoms. The minimum atomic E-state index is -0.435. The van der Waals surface area contributed by atoms with E-state index in [4.69, 9.17) is 21.7 Å². The van der Waals surface area contributed by atoms with E-state index in [0.29, 0.717) is 16.4 Å². The minimum Gasteiger partial charge on any atom is -0.465 e. The summed E-state index contributed by atoms with van der Waals surface area (Å²) < 4.78 is 12.1. The van der Waals surface area contributed by atoms with E-state index in [9.17, 15) is 9.59 Å². The fourth-order valence-electron chi connectivity index (χ4n) is 4.06. The highest BCUT2D eigenvalue weighted by Crippen LogP contribution is 2.39. The number of pyridine rings is 1. The van der Waals surface area contributed by atoms with E-state index in [1.807, 2.05) is 53.2 Å². The van der Waals surface area contributed by atoms with E-state index < -0.39 is 5.97 Å². The molecule has 8 nitrogen and oxygen atoms in total. The Balaban J connectivity index is 1.82. The van der Waals surface area contributed by atoms with Crippen molar-refractivity contribution in [2.24, 2.45) is 0 Å². The Labute approximate surface area is 197 Å². The molecule has 3 aromatic rings. The van der Waals surface area contributed by atoms with Crippen molar-refractivity contribution in [3.8, 4) is 5.69 Å². The SMILES string of the molecule is CCOC(=O)CN1C(=S)N[C@H](c2ccccn2)[C@H]1c1cccn1-c1ccccc1C(=O)OC. The minimum absolute atomic E-state index is 0.0164. The zero-order chi connectivity index (χ0) is 23.4. The van der Waals surface area contributed by atoms with Crippen molar-refractivity contribution >= 4 is 29.3 Å². The number of carbonyl (C=O) groups is 2. The highest BCUT2D eigenvalue weighted by molar-refractivity contribution is 7.80. The molecule has 0 aliphatic carbocycles. The lowest BCUT2D eigenvalue weighted by Crippen LogP contribution is -2.36. The van der Waals surface area contributed by atoms with Gasteiger partial charge in [0.05, 0.1) is 42.7 Å². The normalized spacial score (nSPS) is 17.5. The van der Waals surface area contributed by atoms with Crippen molar-refractivity contribution in [2.45, 2.75) is 19.0 Å². The maximum absolute atomic E-state index is 12.4. The molecule has 1 aliphatic rings. The number of nitrogens with one attached hydrogen (secondary N) is 1. The van der Waals surface area contributed by atoms with Crippen molar-refractivity contribution in [3.05, 3.63) is 83.9 Å². The smallest absolute Gasteiger partial charge is 0.339 e. The van der Waals surface area contributed by atoms with Crippen molar-refractivity contribution in [3.63, 3.8) is 0 Å². The van der Waals surface area contributed by atoms with E-state index >= 15 is 0 Å². The average Bonchev–Trinajstić information content (AvgIpc) is 3.44. The molecule has 0 unspecified atom stereocenters. The first-order valence-electron chi connectivity index (χ1n) is 10.5. The number of benzene rings is 1. The quantitative estimate of drug-likeness (QED) is 0.422. The Morgan fingerprint density at radius 2 is 1.91 bits per heavy atom. The summed E-state index contributed by atoms with van der Waals surface area (Å²) >= 11 is 5.61. The Kier molecular flexibility index (Phi) is 6.69. The van der Waals surface area contributed by atoms with Gasteiger partial charge in [0.1, 0.15) is 6.54 Å². The molecule has 0 amide bonds. The van der Waals surface area contributed by atoms with Crippen LogP contribution in [0.25, 0.3) is 5.69 Å². The van der Waals surface area contributed by atoms with Crippen LogP contribution in [0.2, 0.25) is 0 Å². The number of ether oxygens (including phenoxy) is 2. The second-order valence-electron chi connectivity index (χ2n) is 7.37. The Morgan fingerprint density at radius 1 is 1.12 bits per heavy atom. The molecule has 2 atom stereocenters. The number of aromatic nitrogens is 2. The third-order valence-electron chi connectivity index (χ3n) is 5.45. The lowest BCUT2D eigenvalue weighted by Gasteiger charge is -2.28. The van der Waals surface area contributed by atoms with Gasteiger partial charge in [-0.3, -0.25) is 9.78 Å². The van der Waals surface area contributed by atoms with Crippen molar-refractivity contribution in [2.75, 3.05) is 20.3 Å². The second-order valence-corrected chi connectivity index (χ2v) is 7.76. The third kappa shape index (κ3) is 4.45. The van der Waals surface area contributed by atoms with Crippen molar-refractivity contribution < 1.29 is 19.1 Å². The van der Waals surface area contributed by atoms with Crippen LogP contribution in [-0.2, 0) is 14.3 Å². The Bertz CT molecular complexity index is 1160. The molecule has 0 saturated carbocycles. The van der Waals surface area contributed by atoms with Crippen LogP contribution in [0.5, 0.6) is 0 Å². The van der Waals surface area contributed by atoms with Gasteiger partial charge in [0, 0.05) is 18.1 Å². The maximum atomic E-state index is 12.4. The third-order valence-corrected chi connectivity index (χ3v) is 5.81. The van der Waals surface area contributed by atoms with Crippen LogP contribution in [-0.4, -0.2) is 51.8 Å². The van der Waals surface area contributed by atoms with Gasteiger partial charge >= 0.3 is 11.9 Å². The zero-order valence-corrected chi connectivity index (χ0v) is 19.1. The average molecular weight is 465 g/mol. The predicted molar refractivity (Wildman–Crippen MR) is 126 cm³/mol. The number of methoxy groups -OCH3 is 1. The Morgan fingerprint density at radius 3 is 2.64 bits per heavy atom. The molecule has 33 heavy (non-hydrogen) atoms. The molecule has 2 aromatic heterocycles. The van der Waals surface area contributed by atoms with Crippen LogP contribution < -0.4 is 5.32 Å². The summed E-state index contributed by atoms with van der Waals surface area (Å²) in [4.78, 5) is 31.2. The predicted octanol–water partition coefficient (Wildman–Crippen LogP) is 3.19. The summed E-state index contributed by atoms with van der Waals surface area (Å²) in [6, 6.07) is 16.0. The molecular formula is C24H24N4O4S. The van der Waals surface area contributed by atoms with Gasteiger partial charge in [-0.1, -0.05) is 18.2 Å². The van der Waals surface area contributed by atoms with Crippen molar-refractivity contribution in [1.82, 2.24) is 19.8 Å². The summed E-state index contributed by atoms with van der Waals surface area (Å²) in [6.07, 6.45) is 3.59. The van der Waals surface area contributed by atoms with E-state index in [-0.39, 0.29) is 31.2 Å². The fraction of sp³-hybridized carbons (Fsp3) is 0.250. The number of rotatable bonds is 7. The topological polar surface area (TPSA) is 85.7 Å². The molecule has 170 valence electrons. The maximum Gasteiger partial charge on any atom is 0.339 e. The van der Waals surface area contributed by atoms with Crippen molar-refractivity contribution in [1.29, 1.82) is 0 Å². The van der Waals surface area contributed by atoms with Gasteiger partial charge in [-0.25, -0.2) is 4.79 Å². The van der Waals surface area contributed by atoms with Gasteiger partial charge < -0.3 is 24.3 Å². The molecular weight excluding hydrogens is 440 g/mol. The van der Waals surface area contributed by atoms with Gasteiger partial charge in [-0.05, 0) is 55.5 Å². The number of esters is 2. The summed E-state index contributed by atoms with van der Waals surface area (Å²) in [5, 5.41) is 3.74. The van der Waals surface area contributed by atoms with Crippen LogP contribution in [0.15, 0.2) is 67.0 Å². The molecule has 1 N–H and O–H groups in total. The monoisotopic (exact) mass is 464 g/mol. The molecule has 1 aliphatic heterocycles. The highest BCUT2D eigenvalue weighted by atomic mass is 32.1. The number of hydrogen-bond acceptors (Lipinski definition) is 6. The van der Waals surface area contributed by atoms with E-state index in [1.54, 1.807) is 30.2 Å². The van der Waals surface area contributed by atoms with Gasteiger partial charge in [0.2, 0.25) is 0 Å². The molecule has 3 heterocycles. The summed E-state index contributed by atoms with van der Waals surface area (Å²) in [6.45, 7) is 2.03. The standard InChI is InChI=1S/C24H24N4O4S/c1-3-32-20(29)15-28-22(21(26-24(28)33)17-10-6-7-13-25-17)19-12-8-14-27(19)18-11-5-4-9-16(18)23(30)31-2/h4-14,21-22H,3,15H2,1-2H3,(H,26,33)/t21-,22-/m1/s1. The van der Waals surface area contributed by atoms with Crippen LogP contribution in [0.4, 0.5) is 0 Å². The summed E-state index contributed by atoms with van der Waals surface area (Å²) in [5.74, 6) is -0.809. The zero-order valence-electron chi connectivity index (χ0n) is 18.3. The lowest BCUT2D eigenvalue weighted by atomic mass is 10.0. The molecule has 1 saturated heterocycles. The van der Waals surface area contributed by atoms with E-state index in [1.165, 1.54) is 7.11 Å². The van der Waals surface area contributed by atoms with Gasteiger partial charge in [-0.15, -0.1) is 0 Å². The Hall–Kier alpha value is -3.72. The number of para-hydroxylation sites is 1. The number of carbonyl (C=O) groups excluding carboxylic acids is 2. The number of nitrogens with zero attached hydrogens (tertiary/aromatic N) is 3. The van der Waals surface area contributed by atoms with Crippen LogP contribution in [0, 0.1) is 0 Å². The van der Waals surface area contributed by atoms with Gasteiger partial charge in [-0.2, -0.15) is 0 Å². The van der Waals surface area contributed by atoms with Crippen LogP contribution in [0.3, 0.4) is 0 Å². The first-order valence-corrected chi connectivity index (χ1v) is 10.9. The first-order chi connectivity index (χ1) is 16.0. The van der Waals surface area contributed by atoms with Crippen LogP contribution in [0.1, 0.15) is 40.8 Å².